The average Bonchev–Trinajstić information content (AvgIpc) is 3.15. The molecule has 2 aromatic carbocycles. The molecule has 0 unspecified atom stereocenters. The van der Waals surface area contributed by atoms with E-state index in [9.17, 15) is 4.79 Å². The summed E-state index contributed by atoms with van der Waals surface area (Å²) in [6.45, 7) is 2.49. The van der Waals surface area contributed by atoms with Crippen molar-refractivity contribution >= 4 is 23.6 Å². The van der Waals surface area contributed by atoms with Gasteiger partial charge in [0.2, 0.25) is 5.91 Å². The van der Waals surface area contributed by atoms with Crippen LogP contribution in [0.15, 0.2) is 67.0 Å². The highest BCUT2D eigenvalue weighted by atomic mass is 35.5. The summed E-state index contributed by atoms with van der Waals surface area (Å²) in [5.74, 6) is 1.25. The molecule has 1 amide bonds. The first-order valence-electron chi connectivity index (χ1n) is 12.3. The summed E-state index contributed by atoms with van der Waals surface area (Å²) in [5, 5.41) is 0.607. The van der Waals surface area contributed by atoms with Crippen LogP contribution in [0.2, 0.25) is 5.02 Å². The highest BCUT2D eigenvalue weighted by molar-refractivity contribution is 6.32. The number of aromatic nitrogens is 1. The highest BCUT2D eigenvalue weighted by Gasteiger charge is 2.24. The lowest BCUT2D eigenvalue weighted by Crippen LogP contribution is -2.30. The summed E-state index contributed by atoms with van der Waals surface area (Å²) in [5.41, 5.74) is 3.64. The first kappa shape index (κ1) is 24.3. The molecule has 3 heterocycles. The number of carbonyl (C=O) groups excluding carboxylic acids is 1. The molecule has 1 fully saturated rings. The minimum Gasteiger partial charge on any atom is -0.487 e. The van der Waals surface area contributed by atoms with Gasteiger partial charge in [0.05, 0.1) is 12.6 Å². The molecule has 1 atom stereocenters. The number of hydrogen-bond acceptors (Lipinski definition) is 5. The summed E-state index contributed by atoms with van der Waals surface area (Å²) in [7, 11) is 0. The first-order chi connectivity index (χ1) is 17.7. The van der Waals surface area contributed by atoms with Gasteiger partial charge in [-0.05, 0) is 60.7 Å². The molecule has 2 aliphatic heterocycles. The van der Waals surface area contributed by atoms with E-state index in [4.69, 9.17) is 25.8 Å². The molecular formula is C29H29ClN2O4. The van der Waals surface area contributed by atoms with Crippen LogP contribution in [0.25, 0.3) is 17.2 Å². The second-order valence-corrected chi connectivity index (χ2v) is 9.37. The zero-order valence-corrected chi connectivity index (χ0v) is 20.8. The van der Waals surface area contributed by atoms with Gasteiger partial charge >= 0.3 is 0 Å². The molecule has 1 aromatic heterocycles. The van der Waals surface area contributed by atoms with E-state index < -0.39 is 0 Å². The molecule has 186 valence electrons. The van der Waals surface area contributed by atoms with Gasteiger partial charge in [0, 0.05) is 47.8 Å². The first-order valence-corrected chi connectivity index (χ1v) is 12.7. The Bertz CT molecular complexity index is 1230. The van der Waals surface area contributed by atoms with Crippen molar-refractivity contribution < 1.29 is 19.0 Å². The number of nitrogens with zero attached hydrogens (tertiary/aromatic N) is 2. The van der Waals surface area contributed by atoms with Gasteiger partial charge in [-0.3, -0.25) is 9.78 Å². The quantitative estimate of drug-likeness (QED) is 0.398. The second kappa shape index (κ2) is 11.6. The number of amides is 1. The summed E-state index contributed by atoms with van der Waals surface area (Å²) < 4.78 is 18.3. The number of hydrogen-bond donors (Lipinski definition) is 0. The summed E-state index contributed by atoms with van der Waals surface area (Å²) in [6, 6.07) is 15.4. The van der Waals surface area contributed by atoms with Gasteiger partial charge in [-0.2, -0.15) is 0 Å². The van der Waals surface area contributed by atoms with Crippen LogP contribution in [0.5, 0.6) is 11.5 Å². The van der Waals surface area contributed by atoms with Crippen LogP contribution in [0.4, 0.5) is 0 Å². The Morgan fingerprint density at radius 1 is 1.14 bits per heavy atom. The molecule has 0 saturated carbocycles. The fourth-order valence-corrected chi connectivity index (χ4v) is 4.68. The van der Waals surface area contributed by atoms with Crippen molar-refractivity contribution in [3.63, 3.8) is 0 Å². The van der Waals surface area contributed by atoms with Gasteiger partial charge in [-0.15, -0.1) is 0 Å². The minimum absolute atomic E-state index is 0.0789. The Morgan fingerprint density at radius 3 is 2.86 bits per heavy atom. The minimum atomic E-state index is -0.101. The maximum atomic E-state index is 13.1. The third kappa shape index (κ3) is 5.89. The van der Waals surface area contributed by atoms with E-state index in [1.807, 2.05) is 48.7 Å². The van der Waals surface area contributed by atoms with E-state index in [1.165, 1.54) is 0 Å². The van der Waals surface area contributed by atoms with Gasteiger partial charge in [0.1, 0.15) is 13.2 Å². The normalized spacial score (nSPS) is 17.8. The van der Waals surface area contributed by atoms with Crippen LogP contribution < -0.4 is 9.47 Å². The summed E-state index contributed by atoms with van der Waals surface area (Å²) in [6.07, 6.45) is 10.2. The lowest BCUT2D eigenvalue weighted by Gasteiger charge is -2.24. The van der Waals surface area contributed by atoms with Crippen molar-refractivity contribution in [3.05, 3.63) is 83.2 Å². The molecule has 0 radical (unpaired) electrons. The van der Waals surface area contributed by atoms with Crippen molar-refractivity contribution in [2.45, 2.75) is 31.9 Å². The van der Waals surface area contributed by atoms with E-state index in [1.54, 1.807) is 23.2 Å². The second-order valence-electron chi connectivity index (χ2n) is 8.97. The van der Waals surface area contributed by atoms with E-state index in [2.05, 4.69) is 11.1 Å². The van der Waals surface area contributed by atoms with Crippen LogP contribution in [0.1, 0.15) is 30.4 Å². The van der Waals surface area contributed by atoms with Crippen molar-refractivity contribution in [1.29, 1.82) is 0 Å². The van der Waals surface area contributed by atoms with E-state index in [-0.39, 0.29) is 12.0 Å². The van der Waals surface area contributed by atoms with Gasteiger partial charge in [0.15, 0.2) is 11.5 Å². The predicted octanol–water partition coefficient (Wildman–Crippen LogP) is 5.78. The highest BCUT2D eigenvalue weighted by Crippen LogP contribution is 2.39. The fraction of sp³-hybridized carbons (Fsp3) is 0.310. The Labute approximate surface area is 216 Å². The van der Waals surface area contributed by atoms with E-state index in [0.29, 0.717) is 42.8 Å². The fourth-order valence-electron chi connectivity index (χ4n) is 4.48. The third-order valence-electron chi connectivity index (χ3n) is 6.42. The molecule has 36 heavy (non-hydrogen) atoms. The lowest BCUT2D eigenvalue weighted by molar-refractivity contribution is -0.126. The molecule has 1 saturated heterocycles. The molecule has 0 aliphatic carbocycles. The molecule has 3 aromatic rings. The van der Waals surface area contributed by atoms with Gasteiger partial charge < -0.3 is 19.1 Å². The van der Waals surface area contributed by atoms with Crippen LogP contribution in [-0.2, 0) is 16.1 Å². The van der Waals surface area contributed by atoms with Crippen molar-refractivity contribution in [1.82, 2.24) is 9.88 Å². The number of pyridine rings is 1. The van der Waals surface area contributed by atoms with Gasteiger partial charge in [-0.1, -0.05) is 35.9 Å². The molecule has 5 rings (SSSR count). The van der Waals surface area contributed by atoms with Crippen molar-refractivity contribution in [3.8, 4) is 22.6 Å². The molecule has 0 spiro atoms. The average molecular weight is 505 g/mol. The summed E-state index contributed by atoms with van der Waals surface area (Å²) >= 11 is 6.24. The van der Waals surface area contributed by atoms with Crippen LogP contribution >= 0.6 is 11.6 Å². The molecule has 6 nitrogen and oxygen atoms in total. The molecule has 2 aliphatic rings. The van der Waals surface area contributed by atoms with E-state index >= 15 is 0 Å². The number of halogens is 1. The smallest absolute Gasteiger partial charge is 0.246 e. The number of ether oxygens (including phenoxy) is 3. The molecular weight excluding hydrogens is 476 g/mol. The Morgan fingerprint density at radius 2 is 2.06 bits per heavy atom. The number of fused-ring (bicyclic) bond motifs is 1. The van der Waals surface area contributed by atoms with Crippen LogP contribution in [0, 0.1) is 0 Å². The number of benzene rings is 2. The topological polar surface area (TPSA) is 60.9 Å². The monoisotopic (exact) mass is 504 g/mol. The predicted molar refractivity (Wildman–Crippen MR) is 140 cm³/mol. The largest absolute Gasteiger partial charge is 0.487 e. The van der Waals surface area contributed by atoms with E-state index in [0.717, 1.165) is 48.1 Å². The Kier molecular flexibility index (Phi) is 7.84. The SMILES string of the molecule is O=C(/C=C/c1ccccc1Cl)N1CCOc2c(cc(-c3cccnc3)cc2OC[C@H]2CCCCO2)C1. The molecule has 0 N–H and O–H groups in total. The zero-order valence-electron chi connectivity index (χ0n) is 20.1. The van der Waals surface area contributed by atoms with Crippen molar-refractivity contribution in [2.24, 2.45) is 0 Å². The Balaban J connectivity index is 1.41. The molecule has 7 heteroatoms. The van der Waals surface area contributed by atoms with Gasteiger partial charge in [0.25, 0.3) is 0 Å². The maximum Gasteiger partial charge on any atom is 0.246 e. The zero-order chi connectivity index (χ0) is 24.7. The summed E-state index contributed by atoms with van der Waals surface area (Å²) in [4.78, 5) is 19.1. The third-order valence-corrected chi connectivity index (χ3v) is 6.76. The number of rotatable bonds is 6. The van der Waals surface area contributed by atoms with Crippen LogP contribution in [0.3, 0.4) is 0 Å². The molecule has 0 bridgehead atoms. The number of carbonyl (C=O) groups is 1. The maximum absolute atomic E-state index is 13.1. The standard InChI is InChI=1S/C29H29ClN2O4/c30-26-9-2-1-6-21(26)10-11-28(33)32-13-15-35-29-24(19-32)16-23(22-7-5-12-31-18-22)17-27(29)36-20-25-8-3-4-14-34-25/h1-2,5-7,9-12,16-18,25H,3-4,8,13-15,19-20H2/b11-10+/t25-/m1/s1. The Hall–Kier alpha value is -3.35. The van der Waals surface area contributed by atoms with Gasteiger partial charge in [-0.25, -0.2) is 0 Å². The lowest BCUT2D eigenvalue weighted by atomic mass is 10.0. The van der Waals surface area contributed by atoms with Crippen LogP contribution in [-0.4, -0.2) is 48.3 Å². The van der Waals surface area contributed by atoms with Crippen molar-refractivity contribution in [2.75, 3.05) is 26.4 Å².